The van der Waals surface area contributed by atoms with Crippen molar-refractivity contribution in [3.8, 4) is 22.9 Å². The molecule has 0 spiro atoms. The Bertz CT molecular complexity index is 1440. The lowest BCUT2D eigenvalue weighted by Gasteiger charge is -2.31. The van der Waals surface area contributed by atoms with E-state index in [0.717, 1.165) is 5.56 Å². The fourth-order valence-electron chi connectivity index (χ4n) is 3.49. The van der Waals surface area contributed by atoms with E-state index >= 15 is 0 Å². The number of sulfonamides is 1. The average Bonchev–Trinajstić information content (AvgIpc) is 3.17. The first-order valence-electron chi connectivity index (χ1n) is 9.34. The molecule has 0 amide bonds. The van der Waals surface area contributed by atoms with Gasteiger partial charge in [-0.05, 0) is 35.9 Å². The van der Waals surface area contributed by atoms with Crippen LogP contribution in [0.3, 0.4) is 0 Å². The van der Waals surface area contributed by atoms with Crippen molar-refractivity contribution in [2.45, 2.75) is 4.90 Å². The molecule has 0 saturated heterocycles. The van der Waals surface area contributed by atoms with Gasteiger partial charge in [-0.1, -0.05) is 6.07 Å². The van der Waals surface area contributed by atoms with Gasteiger partial charge in [-0.15, -0.1) is 0 Å². The Balaban J connectivity index is 1.58. The van der Waals surface area contributed by atoms with Crippen LogP contribution < -0.4 is 19.5 Å². The average molecular weight is 439 g/mol. The van der Waals surface area contributed by atoms with E-state index in [2.05, 4.69) is 19.9 Å². The summed E-state index contributed by atoms with van der Waals surface area (Å²) in [5, 5.41) is 0. The van der Waals surface area contributed by atoms with Gasteiger partial charge in [0.15, 0.2) is 0 Å². The molecule has 0 radical (unpaired) electrons. The number of ether oxygens (including phenoxy) is 2. The topological polar surface area (TPSA) is 130 Å². The Kier molecular flexibility index (Phi) is 4.40. The monoisotopic (exact) mass is 439 g/mol. The van der Waals surface area contributed by atoms with Crippen molar-refractivity contribution in [3.63, 3.8) is 0 Å². The molecular formula is C20H17N5O5S. The number of nitrogens with zero attached hydrogens (tertiary/aromatic N) is 3. The SMILES string of the molecule is COc1ncc(-c2ccc3c(c2)N(S(=O)(=O)c2ccc4[nH]c(=O)[nH]c4c2)CCO3)cn1. The molecule has 3 heterocycles. The van der Waals surface area contributed by atoms with E-state index in [9.17, 15) is 13.2 Å². The van der Waals surface area contributed by atoms with Crippen molar-refractivity contribution in [2.75, 3.05) is 24.6 Å². The van der Waals surface area contributed by atoms with Crippen molar-refractivity contribution in [1.82, 2.24) is 19.9 Å². The highest BCUT2D eigenvalue weighted by Crippen LogP contribution is 2.38. The Hall–Kier alpha value is -3.86. The van der Waals surface area contributed by atoms with Gasteiger partial charge in [0.2, 0.25) is 0 Å². The Morgan fingerprint density at radius 2 is 1.81 bits per heavy atom. The molecule has 0 fully saturated rings. The summed E-state index contributed by atoms with van der Waals surface area (Å²) in [5.74, 6) is 0.462. The predicted octanol–water partition coefficient (Wildman–Crippen LogP) is 1.91. The van der Waals surface area contributed by atoms with Gasteiger partial charge in [-0.2, -0.15) is 0 Å². The first-order chi connectivity index (χ1) is 15.0. The fourth-order valence-corrected chi connectivity index (χ4v) is 4.97. The first kappa shape index (κ1) is 19.1. The van der Waals surface area contributed by atoms with Crippen LogP contribution in [0.25, 0.3) is 22.2 Å². The zero-order valence-corrected chi connectivity index (χ0v) is 17.1. The van der Waals surface area contributed by atoms with Crippen LogP contribution >= 0.6 is 0 Å². The minimum atomic E-state index is -3.90. The number of fused-ring (bicyclic) bond motifs is 2. The highest BCUT2D eigenvalue weighted by Gasteiger charge is 2.31. The number of hydrogen-bond donors (Lipinski definition) is 2. The number of methoxy groups -OCH3 is 1. The summed E-state index contributed by atoms with van der Waals surface area (Å²) in [4.78, 5) is 25.0. The van der Waals surface area contributed by atoms with Crippen LogP contribution in [0.5, 0.6) is 11.8 Å². The number of nitrogens with one attached hydrogen (secondary N) is 2. The maximum absolute atomic E-state index is 13.5. The number of rotatable bonds is 4. The van der Waals surface area contributed by atoms with E-state index in [1.54, 1.807) is 30.6 Å². The standard InChI is InChI=1S/C20H17N5O5S/c1-29-20-21-10-13(11-22-20)12-2-5-18-17(8-12)25(6-7-30-18)31(27,28)14-3-4-15-16(9-14)24-19(26)23-15/h2-5,8-11H,6-7H2,1H3,(H2,23,24,26). The van der Waals surface area contributed by atoms with Crippen molar-refractivity contribution in [1.29, 1.82) is 0 Å². The van der Waals surface area contributed by atoms with Gasteiger partial charge in [0.1, 0.15) is 12.4 Å². The molecule has 2 aromatic heterocycles. The predicted molar refractivity (Wildman–Crippen MR) is 113 cm³/mol. The molecule has 158 valence electrons. The molecule has 5 rings (SSSR count). The lowest BCUT2D eigenvalue weighted by Crippen LogP contribution is -2.37. The second-order valence-corrected chi connectivity index (χ2v) is 8.72. The van der Waals surface area contributed by atoms with Crippen LogP contribution in [0.2, 0.25) is 0 Å². The third-order valence-electron chi connectivity index (χ3n) is 5.00. The zero-order chi connectivity index (χ0) is 21.6. The molecule has 1 aliphatic rings. The van der Waals surface area contributed by atoms with Crippen LogP contribution in [-0.2, 0) is 10.0 Å². The summed E-state index contributed by atoms with van der Waals surface area (Å²) in [7, 11) is -2.42. The van der Waals surface area contributed by atoms with E-state index < -0.39 is 15.7 Å². The van der Waals surface area contributed by atoms with Crippen molar-refractivity contribution in [2.24, 2.45) is 0 Å². The summed E-state index contributed by atoms with van der Waals surface area (Å²) in [6.07, 6.45) is 3.21. The molecule has 2 aromatic carbocycles. The van der Waals surface area contributed by atoms with Crippen molar-refractivity contribution in [3.05, 3.63) is 59.3 Å². The molecule has 11 heteroatoms. The number of hydrogen-bond acceptors (Lipinski definition) is 7. The Morgan fingerprint density at radius 1 is 1.03 bits per heavy atom. The zero-order valence-electron chi connectivity index (χ0n) is 16.3. The Labute approximate surface area is 176 Å². The van der Waals surface area contributed by atoms with Crippen LogP contribution in [0.4, 0.5) is 5.69 Å². The smallest absolute Gasteiger partial charge is 0.323 e. The number of benzene rings is 2. The summed E-state index contributed by atoms with van der Waals surface area (Å²) in [5.41, 5.74) is 2.42. The molecule has 2 N–H and O–H groups in total. The fraction of sp³-hybridized carbons (Fsp3) is 0.150. The molecule has 10 nitrogen and oxygen atoms in total. The summed E-state index contributed by atoms with van der Waals surface area (Å²) < 4.78 is 38.9. The second kappa shape index (κ2) is 7.13. The molecule has 4 aromatic rings. The van der Waals surface area contributed by atoms with Crippen LogP contribution in [-0.4, -0.2) is 48.6 Å². The van der Waals surface area contributed by atoms with Crippen LogP contribution in [0.1, 0.15) is 0 Å². The van der Waals surface area contributed by atoms with Gasteiger partial charge in [-0.25, -0.2) is 23.2 Å². The molecular weight excluding hydrogens is 422 g/mol. The molecule has 1 aliphatic heterocycles. The molecule has 31 heavy (non-hydrogen) atoms. The third-order valence-corrected chi connectivity index (χ3v) is 6.81. The number of aromatic nitrogens is 4. The third kappa shape index (κ3) is 3.28. The van der Waals surface area contributed by atoms with E-state index in [4.69, 9.17) is 9.47 Å². The van der Waals surface area contributed by atoms with Gasteiger partial charge >= 0.3 is 11.7 Å². The van der Waals surface area contributed by atoms with E-state index in [1.165, 1.54) is 23.5 Å². The lowest BCUT2D eigenvalue weighted by atomic mass is 10.1. The second-order valence-electron chi connectivity index (χ2n) is 6.85. The van der Waals surface area contributed by atoms with Gasteiger partial charge in [-0.3, -0.25) is 4.31 Å². The lowest BCUT2D eigenvalue weighted by molar-refractivity contribution is 0.316. The number of anilines is 1. The highest BCUT2D eigenvalue weighted by atomic mass is 32.2. The molecule has 0 atom stereocenters. The van der Waals surface area contributed by atoms with Crippen molar-refractivity contribution < 1.29 is 17.9 Å². The molecule has 0 aliphatic carbocycles. The van der Waals surface area contributed by atoms with Crippen LogP contribution in [0, 0.1) is 0 Å². The number of imidazole rings is 1. The van der Waals surface area contributed by atoms with Gasteiger partial charge in [0.25, 0.3) is 10.0 Å². The summed E-state index contributed by atoms with van der Waals surface area (Å²) in [6, 6.07) is 9.99. The molecule has 0 bridgehead atoms. The normalized spacial score (nSPS) is 13.6. The van der Waals surface area contributed by atoms with Crippen LogP contribution in [0.15, 0.2) is 58.5 Å². The van der Waals surface area contributed by atoms with Gasteiger partial charge in [0, 0.05) is 18.0 Å². The maximum Gasteiger partial charge on any atom is 0.323 e. The summed E-state index contributed by atoms with van der Waals surface area (Å²) in [6.45, 7) is 0.375. The highest BCUT2D eigenvalue weighted by molar-refractivity contribution is 7.92. The van der Waals surface area contributed by atoms with E-state index in [0.29, 0.717) is 28.0 Å². The maximum atomic E-state index is 13.5. The minimum absolute atomic E-state index is 0.0706. The first-order valence-corrected chi connectivity index (χ1v) is 10.8. The molecule has 0 saturated carbocycles. The van der Waals surface area contributed by atoms with E-state index in [-0.39, 0.29) is 24.1 Å². The van der Waals surface area contributed by atoms with E-state index in [1.807, 2.05) is 6.07 Å². The largest absolute Gasteiger partial charge is 0.489 e. The Morgan fingerprint density at radius 3 is 2.58 bits per heavy atom. The van der Waals surface area contributed by atoms with Crippen molar-refractivity contribution >= 4 is 26.7 Å². The quantitative estimate of drug-likeness (QED) is 0.497. The number of H-pyrrole nitrogens is 2. The summed E-state index contributed by atoms with van der Waals surface area (Å²) >= 11 is 0. The number of aromatic amines is 2. The minimum Gasteiger partial charge on any atom is -0.489 e. The van der Waals surface area contributed by atoms with Gasteiger partial charge in [0.05, 0.1) is 35.3 Å². The van der Waals surface area contributed by atoms with Gasteiger partial charge < -0.3 is 19.4 Å². The molecule has 0 unspecified atom stereocenters.